The Kier molecular flexibility index (Phi) is 8.10. The summed E-state index contributed by atoms with van der Waals surface area (Å²) in [6.07, 6.45) is 4.28. The fourth-order valence-electron chi connectivity index (χ4n) is 5.10. The first-order valence-electron chi connectivity index (χ1n) is 14.0. The van der Waals surface area contributed by atoms with Gasteiger partial charge in [0, 0.05) is 25.8 Å². The Balaban J connectivity index is 1.32. The Morgan fingerprint density at radius 1 is 0.905 bits per heavy atom. The lowest BCUT2D eigenvalue weighted by atomic mass is 10.1. The van der Waals surface area contributed by atoms with Gasteiger partial charge in [-0.15, -0.1) is 5.10 Å². The summed E-state index contributed by atoms with van der Waals surface area (Å²) in [5, 5.41) is 21.7. The Bertz CT molecular complexity index is 1690. The third-order valence-electron chi connectivity index (χ3n) is 7.20. The SMILES string of the molecule is COCC(Nc1nc(-c2cccc(C#N)c2)cc(-c2cn(Cc3cccc(N4CCCC4)n3)nn2)n1)c1ccccc1. The number of pyridine rings is 1. The smallest absolute Gasteiger partial charge is 0.224 e. The molecule has 0 amide bonds. The van der Waals surface area contributed by atoms with Crippen molar-refractivity contribution >= 4 is 11.8 Å². The van der Waals surface area contributed by atoms with E-state index in [9.17, 15) is 5.26 Å². The van der Waals surface area contributed by atoms with Crippen LogP contribution in [0.2, 0.25) is 0 Å². The van der Waals surface area contributed by atoms with E-state index < -0.39 is 0 Å². The van der Waals surface area contributed by atoms with Gasteiger partial charge in [0.25, 0.3) is 0 Å². The van der Waals surface area contributed by atoms with Gasteiger partial charge in [-0.25, -0.2) is 19.6 Å². The van der Waals surface area contributed by atoms with Crippen LogP contribution >= 0.6 is 0 Å². The minimum absolute atomic E-state index is 0.172. The molecule has 1 saturated heterocycles. The highest BCUT2D eigenvalue weighted by Crippen LogP contribution is 2.27. The normalized spacial score (nSPS) is 13.6. The molecular formula is C32H31N9O. The monoisotopic (exact) mass is 557 g/mol. The zero-order valence-corrected chi connectivity index (χ0v) is 23.4. The highest BCUT2D eigenvalue weighted by Gasteiger charge is 2.18. The molecule has 0 radical (unpaired) electrons. The topological polar surface area (TPSA) is 118 Å². The van der Waals surface area contributed by atoms with Crippen molar-refractivity contribution in [3.63, 3.8) is 0 Å². The van der Waals surface area contributed by atoms with E-state index in [2.05, 4.69) is 32.7 Å². The van der Waals surface area contributed by atoms with Gasteiger partial charge in [-0.3, -0.25) is 0 Å². The molecule has 4 heterocycles. The number of anilines is 2. The third-order valence-corrected chi connectivity index (χ3v) is 7.20. The van der Waals surface area contributed by atoms with Gasteiger partial charge in [-0.1, -0.05) is 53.7 Å². The average molecular weight is 558 g/mol. The summed E-state index contributed by atoms with van der Waals surface area (Å²) >= 11 is 0. The van der Waals surface area contributed by atoms with E-state index in [1.807, 2.05) is 72.9 Å². The highest BCUT2D eigenvalue weighted by molar-refractivity contribution is 5.68. The molecule has 10 heteroatoms. The minimum atomic E-state index is -0.172. The summed E-state index contributed by atoms with van der Waals surface area (Å²) in [5.41, 5.74) is 5.21. The maximum atomic E-state index is 9.46. The van der Waals surface area contributed by atoms with Crippen molar-refractivity contribution in [1.29, 1.82) is 5.26 Å². The van der Waals surface area contributed by atoms with Crippen LogP contribution in [0, 0.1) is 11.3 Å². The van der Waals surface area contributed by atoms with E-state index in [4.69, 9.17) is 19.7 Å². The van der Waals surface area contributed by atoms with Crippen LogP contribution in [0.25, 0.3) is 22.6 Å². The van der Waals surface area contributed by atoms with Crippen LogP contribution in [0.4, 0.5) is 11.8 Å². The third kappa shape index (κ3) is 6.27. The average Bonchev–Trinajstić information content (AvgIpc) is 3.75. The number of benzene rings is 2. The second kappa shape index (κ2) is 12.6. The molecule has 2 aromatic carbocycles. The first-order valence-corrected chi connectivity index (χ1v) is 14.0. The standard InChI is InChI=1S/C32H31N9O/c1-42-22-30(24-10-3-2-4-11-24)37-32-35-27(25-12-7-9-23(17-25)19-33)18-28(36-32)29-21-41(39-38-29)20-26-13-8-14-31(34-26)40-15-5-6-16-40/h2-4,7-14,17-18,21,30H,5-6,15-16,20,22H2,1H3,(H,35,36,37). The van der Waals surface area contributed by atoms with Gasteiger partial charge in [0.05, 0.1) is 54.1 Å². The summed E-state index contributed by atoms with van der Waals surface area (Å²) in [7, 11) is 1.67. The van der Waals surface area contributed by atoms with Crippen LogP contribution in [0.5, 0.6) is 0 Å². The molecule has 3 aromatic heterocycles. The Hall–Kier alpha value is -5.14. The molecule has 0 spiro atoms. The molecule has 0 aliphatic carbocycles. The molecule has 10 nitrogen and oxygen atoms in total. The molecule has 5 aromatic rings. The summed E-state index contributed by atoms with van der Waals surface area (Å²) in [6.45, 7) is 3.01. The molecule has 0 saturated carbocycles. The second-order valence-electron chi connectivity index (χ2n) is 10.2. The number of hydrogen-bond donors (Lipinski definition) is 1. The van der Waals surface area contributed by atoms with Gasteiger partial charge in [0.1, 0.15) is 11.5 Å². The van der Waals surface area contributed by atoms with Crippen LogP contribution in [-0.2, 0) is 11.3 Å². The van der Waals surface area contributed by atoms with Crippen molar-refractivity contribution in [2.24, 2.45) is 0 Å². The summed E-state index contributed by atoms with van der Waals surface area (Å²) in [4.78, 5) is 16.8. The highest BCUT2D eigenvalue weighted by atomic mass is 16.5. The predicted octanol–water partition coefficient (Wildman–Crippen LogP) is 5.12. The van der Waals surface area contributed by atoms with Crippen LogP contribution in [-0.4, -0.2) is 56.8 Å². The van der Waals surface area contributed by atoms with Crippen molar-refractivity contribution in [3.05, 3.63) is 102 Å². The van der Waals surface area contributed by atoms with Gasteiger partial charge in [0.15, 0.2) is 0 Å². The van der Waals surface area contributed by atoms with Crippen molar-refractivity contribution < 1.29 is 4.74 Å². The van der Waals surface area contributed by atoms with Gasteiger partial charge in [0.2, 0.25) is 5.95 Å². The van der Waals surface area contributed by atoms with E-state index in [1.54, 1.807) is 17.9 Å². The van der Waals surface area contributed by atoms with E-state index in [-0.39, 0.29) is 6.04 Å². The zero-order chi connectivity index (χ0) is 28.7. The van der Waals surface area contributed by atoms with Crippen molar-refractivity contribution in [2.45, 2.75) is 25.4 Å². The number of aromatic nitrogens is 6. The van der Waals surface area contributed by atoms with Gasteiger partial charge in [-0.2, -0.15) is 5.26 Å². The number of nitrogens with zero attached hydrogens (tertiary/aromatic N) is 8. The molecule has 1 unspecified atom stereocenters. The maximum absolute atomic E-state index is 9.46. The molecule has 1 atom stereocenters. The molecular weight excluding hydrogens is 526 g/mol. The number of rotatable bonds is 10. The Labute approximate surface area is 244 Å². The van der Waals surface area contributed by atoms with Crippen molar-refractivity contribution in [1.82, 2.24) is 29.9 Å². The first-order chi connectivity index (χ1) is 20.7. The number of methoxy groups -OCH3 is 1. The fourth-order valence-corrected chi connectivity index (χ4v) is 5.10. The van der Waals surface area contributed by atoms with Crippen LogP contribution in [0.1, 0.15) is 35.7 Å². The Morgan fingerprint density at radius 3 is 2.52 bits per heavy atom. The predicted molar refractivity (Wildman–Crippen MR) is 161 cm³/mol. The minimum Gasteiger partial charge on any atom is -0.382 e. The molecule has 0 bridgehead atoms. The lowest BCUT2D eigenvalue weighted by Crippen LogP contribution is -2.19. The van der Waals surface area contributed by atoms with E-state index in [1.165, 1.54) is 12.8 Å². The molecule has 210 valence electrons. The Morgan fingerprint density at radius 2 is 1.71 bits per heavy atom. The summed E-state index contributed by atoms with van der Waals surface area (Å²) in [5.74, 6) is 1.43. The lowest BCUT2D eigenvalue weighted by Gasteiger charge is -2.19. The molecule has 1 aliphatic heterocycles. The number of nitriles is 1. The molecule has 1 aliphatic rings. The number of hydrogen-bond acceptors (Lipinski definition) is 9. The first kappa shape index (κ1) is 27.1. The number of ether oxygens (including phenoxy) is 1. The van der Waals surface area contributed by atoms with Gasteiger partial charge >= 0.3 is 0 Å². The largest absolute Gasteiger partial charge is 0.382 e. The second-order valence-corrected chi connectivity index (χ2v) is 10.2. The number of nitrogens with one attached hydrogen (secondary N) is 1. The van der Waals surface area contributed by atoms with Crippen molar-refractivity contribution in [3.8, 4) is 28.7 Å². The molecule has 1 fully saturated rings. The van der Waals surface area contributed by atoms with Gasteiger partial charge < -0.3 is 15.0 Å². The molecule has 6 rings (SSSR count). The molecule has 42 heavy (non-hydrogen) atoms. The lowest BCUT2D eigenvalue weighted by molar-refractivity contribution is 0.186. The van der Waals surface area contributed by atoms with E-state index in [0.717, 1.165) is 35.7 Å². The van der Waals surface area contributed by atoms with Crippen LogP contribution < -0.4 is 10.2 Å². The fraction of sp³-hybridized carbons (Fsp3) is 0.250. The molecule has 1 N–H and O–H groups in total. The summed E-state index contributed by atoms with van der Waals surface area (Å²) in [6, 6.07) is 27.4. The van der Waals surface area contributed by atoms with Crippen LogP contribution in [0.3, 0.4) is 0 Å². The van der Waals surface area contributed by atoms with Gasteiger partial charge in [-0.05, 0) is 48.7 Å². The maximum Gasteiger partial charge on any atom is 0.224 e. The quantitative estimate of drug-likeness (QED) is 0.250. The van der Waals surface area contributed by atoms with E-state index in [0.29, 0.717) is 41.7 Å². The summed E-state index contributed by atoms with van der Waals surface area (Å²) < 4.78 is 7.27. The van der Waals surface area contributed by atoms with E-state index >= 15 is 0 Å². The van der Waals surface area contributed by atoms with Crippen molar-refractivity contribution in [2.75, 3.05) is 37.0 Å². The zero-order valence-electron chi connectivity index (χ0n) is 23.4. The van der Waals surface area contributed by atoms with Crippen LogP contribution in [0.15, 0.2) is 85.1 Å².